The number of thiophene rings is 1. The summed E-state index contributed by atoms with van der Waals surface area (Å²) in [6.45, 7) is 0. The van der Waals surface area contributed by atoms with Gasteiger partial charge in [0, 0.05) is 17.2 Å². The smallest absolute Gasteiger partial charge is 0.315 e. The Morgan fingerprint density at radius 2 is 1.96 bits per heavy atom. The normalized spacial score (nSPS) is 28.0. The Morgan fingerprint density at radius 1 is 1.17 bits per heavy atom. The van der Waals surface area contributed by atoms with Gasteiger partial charge >= 0.3 is 6.03 Å². The van der Waals surface area contributed by atoms with Gasteiger partial charge in [0.2, 0.25) is 0 Å². The predicted octanol–water partition coefficient (Wildman–Crippen LogP) is 2.78. The molecule has 5 nitrogen and oxygen atoms in total. The summed E-state index contributed by atoms with van der Waals surface area (Å²) in [5.74, 6) is 0. The molecule has 1 fully saturated rings. The Bertz CT molecular complexity index is 669. The van der Waals surface area contributed by atoms with Gasteiger partial charge in [-0.1, -0.05) is 12.8 Å². The minimum atomic E-state index is -3.13. The molecular weight excluding hydrogens is 332 g/mol. The minimum absolute atomic E-state index is 0.0466. The van der Waals surface area contributed by atoms with Crippen LogP contribution in [-0.2, 0) is 16.3 Å². The first-order valence-electron chi connectivity index (χ1n) is 8.27. The van der Waals surface area contributed by atoms with Gasteiger partial charge in [0.05, 0.1) is 11.3 Å². The van der Waals surface area contributed by atoms with E-state index in [0.29, 0.717) is 6.42 Å². The third kappa shape index (κ3) is 3.88. The zero-order valence-electron chi connectivity index (χ0n) is 13.4. The first-order chi connectivity index (χ1) is 10.9. The summed E-state index contributed by atoms with van der Waals surface area (Å²) in [4.78, 5) is 13.7. The fourth-order valence-electron chi connectivity index (χ4n) is 3.78. The molecule has 0 radical (unpaired) electrons. The van der Waals surface area contributed by atoms with Crippen LogP contribution in [0.15, 0.2) is 11.4 Å². The summed E-state index contributed by atoms with van der Waals surface area (Å²) < 4.78 is 23.9. The summed E-state index contributed by atoms with van der Waals surface area (Å²) in [6, 6.07) is 1.62. The molecule has 2 aliphatic carbocycles. The van der Waals surface area contributed by atoms with Crippen molar-refractivity contribution in [3.8, 4) is 0 Å². The highest BCUT2D eigenvalue weighted by molar-refractivity contribution is 7.91. The molecule has 0 saturated heterocycles. The first-order valence-corrected chi connectivity index (χ1v) is 11.1. The number of hydrogen-bond acceptors (Lipinski definition) is 4. The molecule has 2 aliphatic rings. The molecule has 3 atom stereocenters. The highest BCUT2D eigenvalue weighted by Gasteiger charge is 2.34. The SMILES string of the molecule is CS(=O)(=O)[C@@H]1CCCC[C@H]1NC(=O)NC1CCCc2sccc21. The van der Waals surface area contributed by atoms with Crippen molar-refractivity contribution in [2.45, 2.75) is 62.3 Å². The maximum atomic E-state index is 12.4. The van der Waals surface area contributed by atoms with E-state index in [2.05, 4.69) is 22.1 Å². The molecule has 7 heteroatoms. The maximum absolute atomic E-state index is 12.4. The number of urea groups is 1. The van der Waals surface area contributed by atoms with Crippen LogP contribution < -0.4 is 10.6 Å². The molecule has 0 aromatic carbocycles. The van der Waals surface area contributed by atoms with E-state index < -0.39 is 15.1 Å². The number of amides is 2. The molecule has 0 spiro atoms. The summed E-state index contributed by atoms with van der Waals surface area (Å²) in [6.07, 6.45) is 7.64. The molecule has 2 N–H and O–H groups in total. The molecule has 1 aromatic heterocycles. The Labute approximate surface area is 141 Å². The van der Waals surface area contributed by atoms with Crippen LogP contribution in [0.2, 0.25) is 0 Å². The Morgan fingerprint density at radius 3 is 2.74 bits per heavy atom. The van der Waals surface area contributed by atoms with E-state index in [1.807, 2.05) is 0 Å². The summed E-state index contributed by atoms with van der Waals surface area (Å²) in [7, 11) is -3.13. The van der Waals surface area contributed by atoms with E-state index in [0.717, 1.165) is 38.5 Å². The van der Waals surface area contributed by atoms with Gasteiger partial charge < -0.3 is 10.6 Å². The Balaban J connectivity index is 1.63. The molecule has 1 aromatic rings. The Kier molecular flexibility index (Phi) is 4.96. The highest BCUT2D eigenvalue weighted by Crippen LogP contribution is 2.33. The molecule has 0 bridgehead atoms. The van der Waals surface area contributed by atoms with E-state index in [9.17, 15) is 13.2 Å². The second-order valence-electron chi connectivity index (χ2n) is 6.62. The van der Waals surface area contributed by atoms with Crippen molar-refractivity contribution in [3.05, 3.63) is 21.9 Å². The zero-order chi connectivity index (χ0) is 16.4. The van der Waals surface area contributed by atoms with E-state index in [1.54, 1.807) is 11.3 Å². The van der Waals surface area contributed by atoms with E-state index in [-0.39, 0.29) is 18.1 Å². The van der Waals surface area contributed by atoms with Gasteiger partial charge in [0.25, 0.3) is 0 Å². The number of carbonyl (C=O) groups is 1. The lowest BCUT2D eigenvalue weighted by Gasteiger charge is -2.32. The van der Waals surface area contributed by atoms with Crippen LogP contribution in [0.3, 0.4) is 0 Å². The molecule has 0 aliphatic heterocycles. The summed E-state index contributed by atoms with van der Waals surface area (Å²) in [5.41, 5.74) is 1.22. The molecule has 1 heterocycles. The lowest BCUT2D eigenvalue weighted by atomic mass is 9.94. The number of hydrogen-bond donors (Lipinski definition) is 2. The molecule has 1 saturated carbocycles. The van der Waals surface area contributed by atoms with Crippen molar-refractivity contribution in [2.75, 3.05) is 6.26 Å². The van der Waals surface area contributed by atoms with Crippen molar-refractivity contribution in [3.63, 3.8) is 0 Å². The van der Waals surface area contributed by atoms with E-state index in [4.69, 9.17) is 0 Å². The minimum Gasteiger partial charge on any atom is -0.334 e. The van der Waals surface area contributed by atoms with Crippen LogP contribution in [0.4, 0.5) is 4.79 Å². The van der Waals surface area contributed by atoms with Gasteiger partial charge in [-0.25, -0.2) is 13.2 Å². The average molecular weight is 357 g/mol. The van der Waals surface area contributed by atoms with Crippen molar-refractivity contribution in [1.29, 1.82) is 0 Å². The predicted molar refractivity (Wildman–Crippen MR) is 92.6 cm³/mol. The van der Waals surface area contributed by atoms with Crippen LogP contribution in [-0.4, -0.2) is 32.0 Å². The number of carbonyl (C=O) groups excluding carboxylic acids is 1. The van der Waals surface area contributed by atoms with E-state index in [1.165, 1.54) is 16.7 Å². The standard InChI is InChI=1S/C16H24N2O3S2/c1-23(20,21)15-8-3-2-5-13(15)18-16(19)17-12-6-4-7-14-11(12)9-10-22-14/h9-10,12-13,15H,2-8H2,1H3,(H2,17,18,19)/t12?,13-,15-/m1/s1. The maximum Gasteiger partial charge on any atom is 0.315 e. The third-order valence-corrected chi connectivity index (χ3v) is 7.59. The molecule has 3 rings (SSSR count). The van der Waals surface area contributed by atoms with Gasteiger partial charge in [-0.15, -0.1) is 11.3 Å². The van der Waals surface area contributed by atoms with Gasteiger partial charge in [0.15, 0.2) is 9.84 Å². The quantitative estimate of drug-likeness (QED) is 0.874. The van der Waals surface area contributed by atoms with E-state index >= 15 is 0 Å². The molecule has 23 heavy (non-hydrogen) atoms. The fourth-order valence-corrected chi connectivity index (χ4v) is 6.16. The number of rotatable bonds is 3. The third-order valence-electron chi connectivity index (χ3n) is 4.93. The lowest BCUT2D eigenvalue weighted by molar-refractivity contribution is 0.227. The van der Waals surface area contributed by atoms with Gasteiger partial charge in [-0.2, -0.15) is 0 Å². The van der Waals surface area contributed by atoms with Gasteiger partial charge in [-0.3, -0.25) is 0 Å². The summed E-state index contributed by atoms with van der Waals surface area (Å²) >= 11 is 1.74. The Hall–Kier alpha value is -1.08. The van der Waals surface area contributed by atoms with Crippen LogP contribution in [0, 0.1) is 0 Å². The second kappa shape index (κ2) is 6.81. The highest BCUT2D eigenvalue weighted by atomic mass is 32.2. The van der Waals surface area contributed by atoms with Crippen LogP contribution >= 0.6 is 11.3 Å². The van der Waals surface area contributed by atoms with Crippen molar-refractivity contribution in [2.24, 2.45) is 0 Å². The number of sulfone groups is 1. The van der Waals surface area contributed by atoms with Gasteiger partial charge in [-0.05, 0) is 49.1 Å². The largest absolute Gasteiger partial charge is 0.334 e. The number of nitrogens with one attached hydrogen (secondary N) is 2. The molecule has 1 unspecified atom stereocenters. The molecular formula is C16H24N2O3S2. The van der Waals surface area contributed by atoms with Crippen LogP contribution in [0.5, 0.6) is 0 Å². The van der Waals surface area contributed by atoms with Crippen LogP contribution in [0.1, 0.15) is 55.0 Å². The number of fused-ring (bicyclic) bond motifs is 1. The van der Waals surface area contributed by atoms with Crippen molar-refractivity contribution < 1.29 is 13.2 Å². The van der Waals surface area contributed by atoms with Crippen molar-refractivity contribution in [1.82, 2.24) is 10.6 Å². The second-order valence-corrected chi connectivity index (χ2v) is 9.89. The lowest BCUT2D eigenvalue weighted by Crippen LogP contribution is -2.51. The van der Waals surface area contributed by atoms with Crippen molar-refractivity contribution >= 4 is 27.2 Å². The van der Waals surface area contributed by atoms with Crippen LogP contribution in [0.25, 0.3) is 0 Å². The first kappa shape index (κ1) is 16.8. The summed E-state index contributed by atoms with van der Waals surface area (Å²) in [5, 5.41) is 7.58. The fraction of sp³-hybridized carbons (Fsp3) is 0.688. The molecule has 2 amide bonds. The zero-order valence-corrected chi connectivity index (χ0v) is 15.0. The average Bonchev–Trinajstić information content (AvgIpc) is 2.96. The van der Waals surface area contributed by atoms with Gasteiger partial charge in [0.1, 0.15) is 0 Å². The monoisotopic (exact) mass is 356 g/mol. The molecule has 128 valence electrons. The topological polar surface area (TPSA) is 75.3 Å². The number of aryl methyl sites for hydroxylation is 1.